The summed E-state index contributed by atoms with van der Waals surface area (Å²) in [7, 11) is 0. The first-order valence-corrected chi connectivity index (χ1v) is 9.51. The van der Waals surface area contributed by atoms with Crippen molar-refractivity contribution in [3.63, 3.8) is 0 Å². The van der Waals surface area contributed by atoms with Gasteiger partial charge in [-0.15, -0.1) is 0 Å². The summed E-state index contributed by atoms with van der Waals surface area (Å²) in [6.07, 6.45) is 2.23. The summed E-state index contributed by atoms with van der Waals surface area (Å²) in [6, 6.07) is 17.5. The molecule has 1 fully saturated rings. The number of rotatable bonds is 7. The third kappa shape index (κ3) is 6.08. The summed E-state index contributed by atoms with van der Waals surface area (Å²) in [5.41, 5.74) is 2.27. The van der Waals surface area contributed by atoms with Crippen molar-refractivity contribution in [2.24, 2.45) is 0 Å². The van der Waals surface area contributed by atoms with Gasteiger partial charge in [-0.2, -0.15) is 0 Å². The van der Waals surface area contributed by atoms with Crippen molar-refractivity contribution >= 4 is 6.09 Å². The number of hydrogen-bond donors (Lipinski definition) is 0. The fourth-order valence-corrected chi connectivity index (χ4v) is 3.06. The van der Waals surface area contributed by atoms with Crippen molar-refractivity contribution in [1.29, 1.82) is 0 Å². The van der Waals surface area contributed by atoms with Gasteiger partial charge in [-0.05, 0) is 43.9 Å². The molecule has 1 aliphatic heterocycles. The maximum absolute atomic E-state index is 12.5. The number of aryl methyl sites for hydroxylation is 1. The quantitative estimate of drug-likeness (QED) is 0.672. The lowest BCUT2D eigenvalue weighted by Crippen LogP contribution is -2.46. The van der Waals surface area contributed by atoms with E-state index in [9.17, 15) is 4.79 Å². The Bertz CT molecular complexity index is 702. The predicted octanol–water partition coefficient (Wildman–Crippen LogP) is 4.54. The summed E-state index contributed by atoms with van der Waals surface area (Å²) in [5, 5.41) is 0. The highest BCUT2D eigenvalue weighted by Gasteiger charge is 2.28. The number of piperidine rings is 1. The Kier molecular flexibility index (Phi) is 7.25. The molecule has 1 saturated heterocycles. The lowest BCUT2D eigenvalue weighted by molar-refractivity contribution is -0.0816. The number of benzene rings is 2. The second kappa shape index (κ2) is 10.1. The molecule has 27 heavy (non-hydrogen) atoms. The van der Waals surface area contributed by atoms with Gasteiger partial charge < -0.3 is 14.2 Å². The van der Waals surface area contributed by atoms with Crippen molar-refractivity contribution in [3.8, 4) is 5.75 Å². The van der Waals surface area contributed by atoms with E-state index in [4.69, 9.17) is 14.2 Å². The summed E-state index contributed by atoms with van der Waals surface area (Å²) in [6.45, 7) is 4.16. The van der Waals surface area contributed by atoms with Gasteiger partial charge in [0.2, 0.25) is 0 Å². The van der Waals surface area contributed by atoms with Crippen LogP contribution in [0.4, 0.5) is 4.79 Å². The summed E-state index contributed by atoms with van der Waals surface area (Å²) in [5.74, 6) is 0.557. The van der Waals surface area contributed by atoms with Crippen LogP contribution in [0.3, 0.4) is 0 Å². The van der Waals surface area contributed by atoms with Gasteiger partial charge >= 0.3 is 6.09 Å². The van der Waals surface area contributed by atoms with Crippen LogP contribution in [-0.4, -0.2) is 37.0 Å². The minimum atomic E-state index is -0.353. The van der Waals surface area contributed by atoms with Crippen LogP contribution in [0.1, 0.15) is 30.4 Å². The van der Waals surface area contributed by atoms with Crippen LogP contribution < -0.4 is 4.74 Å². The second-order valence-corrected chi connectivity index (χ2v) is 6.73. The lowest BCUT2D eigenvalue weighted by Gasteiger charge is -2.34. The van der Waals surface area contributed by atoms with E-state index in [1.807, 2.05) is 61.5 Å². The van der Waals surface area contributed by atoms with E-state index in [0.717, 1.165) is 30.4 Å². The minimum Gasteiger partial charge on any atom is -0.410 e. The third-order valence-corrected chi connectivity index (χ3v) is 4.56. The molecular formula is C22H27NO4. The molecule has 0 radical (unpaired) electrons. The molecule has 3 rings (SSSR count). The molecule has 0 bridgehead atoms. The molecule has 0 aliphatic carbocycles. The van der Waals surface area contributed by atoms with Crippen LogP contribution in [0.15, 0.2) is 54.6 Å². The molecule has 0 spiro atoms. The highest BCUT2D eigenvalue weighted by Crippen LogP contribution is 2.21. The summed E-state index contributed by atoms with van der Waals surface area (Å²) in [4.78, 5) is 14.2. The number of ether oxygens (including phenoxy) is 3. The van der Waals surface area contributed by atoms with E-state index in [-0.39, 0.29) is 12.3 Å². The van der Waals surface area contributed by atoms with Gasteiger partial charge in [0.05, 0.1) is 19.8 Å². The van der Waals surface area contributed by atoms with Gasteiger partial charge in [0.25, 0.3) is 0 Å². The molecule has 144 valence electrons. The third-order valence-electron chi connectivity index (χ3n) is 4.56. The Balaban J connectivity index is 1.43. The SMILES string of the molecule is Cc1ccc(OC(=O)N2CCCCC2OCCOCc2ccccc2)cc1. The Labute approximate surface area is 160 Å². The first-order chi connectivity index (χ1) is 13.2. The van der Waals surface area contributed by atoms with E-state index in [2.05, 4.69) is 0 Å². The fraction of sp³-hybridized carbons (Fsp3) is 0.409. The van der Waals surface area contributed by atoms with Crippen molar-refractivity contribution in [3.05, 3.63) is 65.7 Å². The number of carbonyl (C=O) groups is 1. The molecule has 5 heteroatoms. The summed E-state index contributed by atoms with van der Waals surface area (Å²) < 4.78 is 17.1. The van der Waals surface area contributed by atoms with Gasteiger partial charge in [0.15, 0.2) is 0 Å². The van der Waals surface area contributed by atoms with Crippen molar-refractivity contribution in [1.82, 2.24) is 4.90 Å². The highest BCUT2D eigenvalue weighted by atomic mass is 16.6. The highest BCUT2D eigenvalue weighted by molar-refractivity contribution is 5.71. The molecule has 5 nitrogen and oxygen atoms in total. The number of nitrogens with zero attached hydrogens (tertiary/aromatic N) is 1. The summed E-state index contributed by atoms with van der Waals surface area (Å²) >= 11 is 0. The van der Waals surface area contributed by atoms with Gasteiger partial charge in [-0.1, -0.05) is 48.0 Å². The normalized spacial score (nSPS) is 16.9. The number of carbonyl (C=O) groups excluding carboxylic acids is 1. The predicted molar refractivity (Wildman–Crippen MR) is 104 cm³/mol. The second-order valence-electron chi connectivity index (χ2n) is 6.73. The zero-order valence-electron chi connectivity index (χ0n) is 15.8. The molecule has 1 aliphatic rings. The van der Waals surface area contributed by atoms with E-state index < -0.39 is 0 Å². The largest absolute Gasteiger partial charge is 0.417 e. The average molecular weight is 369 g/mol. The molecule has 1 unspecified atom stereocenters. The fourth-order valence-electron chi connectivity index (χ4n) is 3.06. The van der Waals surface area contributed by atoms with Crippen molar-refractivity contribution < 1.29 is 19.0 Å². The molecule has 0 saturated carbocycles. The molecule has 1 heterocycles. The Morgan fingerprint density at radius 1 is 1.04 bits per heavy atom. The molecule has 1 atom stereocenters. The minimum absolute atomic E-state index is 0.253. The Hall–Kier alpha value is -2.37. The van der Waals surface area contributed by atoms with Crippen LogP contribution in [0.25, 0.3) is 0 Å². The maximum atomic E-state index is 12.5. The maximum Gasteiger partial charge on any atom is 0.417 e. The van der Waals surface area contributed by atoms with Crippen molar-refractivity contribution in [2.45, 2.75) is 39.0 Å². The Morgan fingerprint density at radius 2 is 1.81 bits per heavy atom. The molecule has 1 amide bonds. The van der Waals surface area contributed by atoms with E-state index in [1.165, 1.54) is 0 Å². The number of hydrogen-bond acceptors (Lipinski definition) is 4. The smallest absolute Gasteiger partial charge is 0.410 e. The molecule has 2 aromatic rings. The van der Waals surface area contributed by atoms with Crippen LogP contribution in [0.2, 0.25) is 0 Å². The first-order valence-electron chi connectivity index (χ1n) is 9.51. The number of likely N-dealkylation sites (tertiary alicyclic amines) is 1. The van der Waals surface area contributed by atoms with Gasteiger partial charge in [0, 0.05) is 6.54 Å². The molecule has 2 aromatic carbocycles. The zero-order valence-corrected chi connectivity index (χ0v) is 15.8. The van der Waals surface area contributed by atoms with Gasteiger partial charge in [-0.25, -0.2) is 4.79 Å². The standard InChI is InChI=1S/C22H27NO4/c1-18-10-12-20(13-11-18)27-22(24)23-14-6-5-9-21(23)26-16-15-25-17-19-7-3-2-4-8-19/h2-4,7-8,10-13,21H,5-6,9,14-17H2,1H3. The number of amides is 1. The van der Waals surface area contributed by atoms with Crippen molar-refractivity contribution in [2.75, 3.05) is 19.8 Å². The van der Waals surface area contributed by atoms with Crippen LogP contribution in [-0.2, 0) is 16.1 Å². The molecule has 0 N–H and O–H groups in total. The monoisotopic (exact) mass is 369 g/mol. The van der Waals surface area contributed by atoms with E-state index in [1.54, 1.807) is 4.90 Å². The zero-order chi connectivity index (χ0) is 18.9. The van der Waals surface area contributed by atoms with Gasteiger partial charge in [0.1, 0.15) is 12.0 Å². The lowest BCUT2D eigenvalue weighted by atomic mass is 10.1. The van der Waals surface area contributed by atoms with Crippen LogP contribution in [0.5, 0.6) is 5.75 Å². The van der Waals surface area contributed by atoms with Gasteiger partial charge in [-0.3, -0.25) is 4.90 Å². The molecular weight excluding hydrogens is 342 g/mol. The molecule has 0 aromatic heterocycles. The van der Waals surface area contributed by atoms with E-state index >= 15 is 0 Å². The van der Waals surface area contributed by atoms with Crippen LogP contribution in [0, 0.1) is 6.92 Å². The average Bonchev–Trinajstić information content (AvgIpc) is 2.70. The van der Waals surface area contributed by atoms with E-state index in [0.29, 0.717) is 32.1 Å². The first kappa shape index (κ1) is 19.4. The topological polar surface area (TPSA) is 48.0 Å². The van der Waals surface area contributed by atoms with Crippen LogP contribution >= 0.6 is 0 Å². The Morgan fingerprint density at radius 3 is 2.59 bits per heavy atom.